The van der Waals surface area contributed by atoms with Crippen LogP contribution in [0, 0.1) is 13.8 Å². The summed E-state index contributed by atoms with van der Waals surface area (Å²) in [6.07, 6.45) is 0. The number of carbonyl (C=O) groups excluding carboxylic acids is 1. The van der Waals surface area contributed by atoms with Crippen LogP contribution in [0.4, 0.5) is 5.00 Å². The van der Waals surface area contributed by atoms with E-state index in [4.69, 9.17) is 11.6 Å². The average Bonchev–Trinajstić information content (AvgIpc) is 2.67. The third-order valence-corrected chi connectivity index (χ3v) is 5.05. The average molecular weight is 389 g/mol. The van der Waals surface area contributed by atoms with E-state index in [0.29, 0.717) is 25.6 Å². The highest BCUT2D eigenvalue weighted by Gasteiger charge is 2.21. The van der Waals surface area contributed by atoms with Crippen molar-refractivity contribution < 1.29 is 14.7 Å². The smallest absolute Gasteiger partial charge is 0.338 e. The molecule has 0 aliphatic rings. The van der Waals surface area contributed by atoms with Gasteiger partial charge in [-0.1, -0.05) is 11.6 Å². The molecule has 0 saturated heterocycles. The molecule has 7 heteroatoms. The van der Waals surface area contributed by atoms with Gasteiger partial charge in [-0.2, -0.15) is 0 Å². The van der Waals surface area contributed by atoms with Crippen LogP contribution in [0.1, 0.15) is 31.2 Å². The fourth-order valence-electron chi connectivity index (χ4n) is 1.81. The van der Waals surface area contributed by atoms with E-state index in [-0.39, 0.29) is 5.56 Å². The lowest BCUT2D eigenvalue weighted by molar-refractivity contribution is 0.0697. The summed E-state index contributed by atoms with van der Waals surface area (Å²) in [5.74, 6) is -1.47. The third-order valence-electron chi connectivity index (χ3n) is 3.00. The molecule has 2 aromatic rings. The SMILES string of the molecule is Cc1sc(NC(=O)c2cc(Cl)ccc2Br)c(C(=O)O)c1C. The van der Waals surface area contributed by atoms with E-state index in [2.05, 4.69) is 21.2 Å². The molecule has 1 amide bonds. The van der Waals surface area contributed by atoms with Gasteiger partial charge in [0.2, 0.25) is 0 Å². The predicted octanol–water partition coefficient (Wildman–Crippen LogP) is 4.73. The van der Waals surface area contributed by atoms with Crippen LogP contribution < -0.4 is 5.32 Å². The normalized spacial score (nSPS) is 10.5. The van der Waals surface area contributed by atoms with Crippen LogP contribution >= 0.6 is 38.9 Å². The highest BCUT2D eigenvalue weighted by Crippen LogP contribution is 2.33. The summed E-state index contributed by atoms with van der Waals surface area (Å²) >= 11 is 10.4. The number of thiophene rings is 1. The topological polar surface area (TPSA) is 66.4 Å². The molecule has 0 saturated carbocycles. The minimum atomic E-state index is -1.06. The maximum atomic E-state index is 12.3. The van der Waals surface area contributed by atoms with Crippen LogP contribution in [-0.4, -0.2) is 17.0 Å². The molecular formula is C14H11BrClNO3S. The lowest BCUT2D eigenvalue weighted by atomic mass is 10.1. The van der Waals surface area contributed by atoms with E-state index in [1.807, 2.05) is 6.92 Å². The standard InChI is InChI=1S/C14H11BrClNO3S/c1-6-7(2)21-13(11(6)14(19)20)17-12(18)9-5-8(16)3-4-10(9)15/h3-5H,1-2H3,(H,17,18)(H,19,20). The number of aromatic carboxylic acids is 1. The molecule has 0 aliphatic carbocycles. The third kappa shape index (κ3) is 3.28. The monoisotopic (exact) mass is 387 g/mol. The van der Waals surface area contributed by atoms with Gasteiger partial charge >= 0.3 is 5.97 Å². The van der Waals surface area contributed by atoms with Crippen molar-refractivity contribution in [1.29, 1.82) is 0 Å². The van der Waals surface area contributed by atoms with E-state index >= 15 is 0 Å². The Hall–Kier alpha value is -1.37. The number of nitrogens with one attached hydrogen (secondary N) is 1. The Labute approximate surface area is 138 Å². The lowest BCUT2D eigenvalue weighted by Gasteiger charge is -2.07. The number of aryl methyl sites for hydroxylation is 1. The summed E-state index contributed by atoms with van der Waals surface area (Å²) in [5.41, 5.74) is 1.14. The minimum absolute atomic E-state index is 0.129. The highest BCUT2D eigenvalue weighted by atomic mass is 79.9. The fraction of sp³-hybridized carbons (Fsp3) is 0.143. The number of rotatable bonds is 3. The second-order valence-corrected chi connectivity index (χ2v) is 6.89. The number of amides is 1. The predicted molar refractivity (Wildman–Crippen MR) is 87.9 cm³/mol. The summed E-state index contributed by atoms with van der Waals surface area (Å²) in [6, 6.07) is 4.85. The van der Waals surface area contributed by atoms with Gasteiger partial charge in [-0.25, -0.2) is 4.79 Å². The molecule has 0 radical (unpaired) electrons. The van der Waals surface area contributed by atoms with E-state index in [0.717, 1.165) is 4.88 Å². The number of benzene rings is 1. The molecule has 2 N–H and O–H groups in total. The molecule has 0 aliphatic heterocycles. The van der Waals surface area contributed by atoms with Gasteiger partial charge in [0.05, 0.1) is 11.1 Å². The molecule has 1 aromatic heterocycles. The molecule has 1 aromatic carbocycles. The van der Waals surface area contributed by atoms with Crippen LogP contribution in [0.15, 0.2) is 22.7 Å². The molecule has 110 valence electrons. The molecule has 0 unspecified atom stereocenters. The minimum Gasteiger partial charge on any atom is -0.478 e. The summed E-state index contributed by atoms with van der Waals surface area (Å²) in [5, 5.41) is 12.7. The zero-order valence-electron chi connectivity index (χ0n) is 11.2. The van der Waals surface area contributed by atoms with Crippen molar-refractivity contribution in [1.82, 2.24) is 0 Å². The van der Waals surface area contributed by atoms with Gasteiger partial charge in [0, 0.05) is 14.4 Å². The van der Waals surface area contributed by atoms with Crippen molar-refractivity contribution in [3.05, 3.63) is 49.3 Å². The first-order valence-corrected chi connectivity index (χ1v) is 7.89. The van der Waals surface area contributed by atoms with Gasteiger partial charge in [-0.15, -0.1) is 11.3 Å². The Bertz CT molecular complexity index is 742. The molecular weight excluding hydrogens is 378 g/mol. The van der Waals surface area contributed by atoms with Crippen LogP contribution in [0.25, 0.3) is 0 Å². The Morgan fingerprint density at radius 2 is 2.00 bits per heavy atom. The quantitative estimate of drug-likeness (QED) is 0.798. The van der Waals surface area contributed by atoms with E-state index in [1.54, 1.807) is 19.1 Å². The summed E-state index contributed by atoms with van der Waals surface area (Å²) in [6.45, 7) is 3.54. The Morgan fingerprint density at radius 1 is 1.33 bits per heavy atom. The van der Waals surface area contributed by atoms with Crippen molar-refractivity contribution in [3.8, 4) is 0 Å². The molecule has 21 heavy (non-hydrogen) atoms. The van der Waals surface area contributed by atoms with Gasteiger partial charge in [0.1, 0.15) is 5.00 Å². The second kappa shape index (κ2) is 6.17. The van der Waals surface area contributed by atoms with Crippen LogP contribution in [-0.2, 0) is 0 Å². The molecule has 2 rings (SSSR count). The Balaban J connectivity index is 2.38. The lowest BCUT2D eigenvalue weighted by Crippen LogP contribution is -2.14. The number of halogens is 2. The van der Waals surface area contributed by atoms with E-state index < -0.39 is 11.9 Å². The summed E-state index contributed by atoms with van der Waals surface area (Å²) in [7, 11) is 0. The zero-order valence-corrected chi connectivity index (χ0v) is 14.3. The molecule has 4 nitrogen and oxygen atoms in total. The van der Waals surface area contributed by atoms with Crippen molar-refractivity contribution >= 4 is 55.7 Å². The fourth-order valence-corrected chi connectivity index (χ4v) is 3.46. The number of carboxylic acid groups (broad SMARTS) is 1. The van der Waals surface area contributed by atoms with Crippen LogP contribution in [0.2, 0.25) is 5.02 Å². The van der Waals surface area contributed by atoms with Gasteiger partial charge < -0.3 is 10.4 Å². The number of hydrogen-bond acceptors (Lipinski definition) is 3. The van der Waals surface area contributed by atoms with Crippen LogP contribution in [0.5, 0.6) is 0 Å². The zero-order chi connectivity index (χ0) is 15.7. The summed E-state index contributed by atoms with van der Waals surface area (Å²) in [4.78, 5) is 24.5. The first-order valence-electron chi connectivity index (χ1n) is 5.91. The van der Waals surface area contributed by atoms with Gasteiger partial charge in [-0.3, -0.25) is 4.79 Å². The maximum absolute atomic E-state index is 12.3. The van der Waals surface area contributed by atoms with E-state index in [1.165, 1.54) is 17.4 Å². The molecule has 0 bridgehead atoms. The number of carbonyl (C=O) groups is 2. The highest BCUT2D eigenvalue weighted by molar-refractivity contribution is 9.10. The van der Waals surface area contributed by atoms with Crippen molar-refractivity contribution in [2.24, 2.45) is 0 Å². The largest absolute Gasteiger partial charge is 0.478 e. The first kappa shape index (κ1) is 16.0. The van der Waals surface area contributed by atoms with Crippen LogP contribution in [0.3, 0.4) is 0 Å². The Kier molecular flexibility index (Phi) is 4.70. The maximum Gasteiger partial charge on any atom is 0.338 e. The van der Waals surface area contributed by atoms with E-state index in [9.17, 15) is 14.7 Å². The van der Waals surface area contributed by atoms with Gasteiger partial charge in [0.15, 0.2) is 0 Å². The van der Waals surface area contributed by atoms with Crippen molar-refractivity contribution in [2.45, 2.75) is 13.8 Å². The van der Waals surface area contributed by atoms with Gasteiger partial charge in [0.25, 0.3) is 5.91 Å². The number of hydrogen-bond donors (Lipinski definition) is 2. The molecule has 0 fully saturated rings. The Morgan fingerprint density at radius 3 is 2.62 bits per heavy atom. The molecule has 1 heterocycles. The van der Waals surface area contributed by atoms with Crippen molar-refractivity contribution in [3.63, 3.8) is 0 Å². The number of anilines is 1. The number of carboxylic acids is 1. The van der Waals surface area contributed by atoms with Gasteiger partial charge in [-0.05, 0) is 53.5 Å². The summed E-state index contributed by atoms with van der Waals surface area (Å²) < 4.78 is 0.589. The van der Waals surface area contributed by atoms with Crippen molar-refractivity contribution in [2.75, 3.05) is 5.32 Å². The molecule has 0 atom stereocenters. The first-order chi connectivity index (χ1) is 9.81. The molecule has 0 spiro atoms. The second-order valence-electron chi connectivity index (χ2n) is 4.37.